The number of ether oxygens (including phenoxy) is 1. The SMILES string of the molecule is CC(C)C(C)C(O)C1OC2CC3(O)C4=C(C(=O)C(O)C3(C)C2C1C)C1(C)CCC(O)CC1(O)C=C4. The van der Waals surface area contributed by atoms with E-state index in [9.17, 15) is 30.3 Å². The molecule has 1 aliphatic heterocycles. The van der Waals surface area contributed by atoms with Gasteiger partial charge in [0.2, 0.25) is 0 Å². The van der Waals surface area contributed by atoms with E-state index in [2.05, 4.69) is 13.8 Å². The Bertz CT molecular complexity index is 988. The molecule has 3 fully saturated rings. The van der Waals surface area contributed by atoms with E-state index in [-0.39, 0.29) is 36.5 Å². The molecule has 0 aromatic carbocycles. The zero-order valence-electron chi connectivity index (χ0n) is 21.7. The summed E-state index contributed by atoms with van der Waals surface area (Å²) in [4.78, 5) is 13.9. The first-order valence-electron chi connectivity index (χ1n) is 13.3. The summed E-state index contributed by atoms with van der Waals surface area (Å²) in [5, 5.41) is 56.8. The van der Waals surface area contributed by atoms with Gasteiger partial charge in [0.05, 0.1) is 30.0 Å². The first kappa shape index (κ1) is 25.6. The number of hydrogen-bond acceptors (Lipinski definition) is 7. The molecule has 1 saturated heterocycles. The van der Waals surface area contributed by atoms with Gasteiger partial charge in [0, 0.05) is 35.2 Å². The van der Waals surface area contributed by atoms with Gasteiger partial charge >= 0.3 is 0 Å². The lowest BCUT2D eigenvalue weighted by molar-refractivity contribution is -0.165. The largest absolute Gasteiger partial charge is 0.393 e. The number of carbonyl (C=O) groups is 1. The molecule has 0 radical (unpaired) electrons. The van der Waals surface area contributed by atoms with Crippen LogP contribution in [0.2, 0.25) is 0 Å². The number of Topliss-reactive ketones (excluding diaryl/α,β-unsaturated/α-hetero) is 1. The van der Waals surface area contributed by atoms with E-state index in [1.165, 1.54) is 0 Å². The lowest BCUT2D eigenvalue weighted by atomic mass is 9.48. The van der Waals surface area contributed by atoms with E-state index < -0.39 is 58.3 Å². The highest BCUT2D eigenvalue weighted by molar-refractivity contribution is 6.04. The highest BCUT2D eigenvalue weighted by Gasteiger charge is 2.75. The van der Waals surface area contributed by atoms with E-state index in [1.807, 2.05) is 20.8 Å². The first-order chi connectivity index (χ1) is 16.1. The summed E-state index contributed by atoms with van der Waals surface area (Å²) in [5.74, 6) is -0.675. The molecule has 0 aromatic rings. The van der Waals surface area contributed by atoms with Gasteiger partial charge < -0.3 is 30.3 Å². The van der Waals surface area contributed by atoms with Gasteiger partial charge in [-0.3, -0.25) is 4.79 Å². The molecule has 5 rings (SSSR count). The van der Waals surface area contributed by atoms with Crippen molar-refractivity contribution in [3.05, 3.63) is 23.3 Å². The van der Waals surface area contributed by atoms with Gasteiger partial charge in [-0.25, -0.2) is 0 Å². The van der Waals surface area contributed by atoms with Crippen LogP contribution in [-0.4, -0.2) is 73.0 Å². The molecule has 4 aliphatic carbocycles. The fourth-order valence-corrected chi connectivity index (χ4v) is 8.45. The molecule has 1 heterocycles. The molecular formula is C28H42O7. The Labute approximate surface area is 207 Å². The average Bonchev–Trinajstić information content (AvgIpc) is 3.23. The predicted octanol–water partition coefficient (Wildman–Crippen LogP) is 1.89. The van der Waals surface area contributed by atoms with Crippen molar-refractivity contribution in [2.75, 3.05) is 0 Å². The van der Waals surface area contributed by atoms with Crippen LogP contribution in [0.3, 0.4) is 0 Å². The Morgan fingerprint density at radius 1 is 1.11 bits per heavy atom. The van der Waals surface area contributed by atoms with Crippen LogP contribution in [0.15, 0.2) is 23.3 Å². The van der Waals surface area contributed by atoms with Crippen molar-refractivity contribution >= 4 is 5.78 Å². The van der Waals surface area contributed by atoms with E-state index in [4.69, 9.17) is 4.74 Å². The molecule has 7 nitrogen and oxygen atoms in total. The number of aliphatic hydroxyl groups is 5. The molecule has 7 heteroatoms. The van der Waals surface area contributed by atoms with Crippen molar-refractivity contribution < 1.29 is 35.1 Å². The number of fused-ring (bicyclic) bond motifs is 6. The fraction of sp³-hybridized carbons (Fsp3) is 0.821. The summed E-state index contributed by atoms with van der Waals surface area (Å²) >= 11 is 0. The predicted molar refractivity (Wildman–Crippen MR) is 129 cm³/mol. The number of rotatable bonds is 3. The maximum atomic E-state index is 13.9. The number of carbonyl (C=O) groups excluding carboxylic acids is 1. The molecule has 5 N–H and O–H groups in total. The Hall–Kier alpha value is -1.09. The highest BCUT2D eigenvalue weighted by atomic mass is 16.5. The third-order valence-corrected chi connectivity index (χ3v) is 11.2. The second-order valence-electron chi connectivity index (χ2n) is 13.0. The minimum atomic E-state index is -1.52. The summed E-state index contributed by atoms with van der Waals surface area (Å²) in [6.45, 7) is 11.7. The summed E-state index contributed by atoms with van der Waals surface area (Å²) < 4.78 is 6.42. The second kappa shape index (κ2) is 7.71. The zero-order valence-corrected chi connectivity index (χ0v) is 21.7. The molecule has 0 aromatic heterocycles. The first-order valence-corrected chi connectivity index (χ1v) is 13.3. The highest BCUT2D eigenvalue weighted by Crippen LogP contribution is 2.68. The Morgan fingerprint density at radius 3 is 2.40 bits per heavy atom. The monoisotopic (exact) mass is 490 g/mol. The topological polar surface area (TPSA) is 127 Å². The van der Waals surface area contributed by atoms with Gasteiger partial charge in [0.15, 0.2) is 5.78 Å². The van der Waals surface area contributed by atoms with Crippen molar-refractivity contribution in [3.63, 3.8) is 0 Å². The van der Waals surface area contributed by atoms with E-state index in [0.717, 1.165) is 0 Å². The van der Waals surface area contributed by atoms with Crippen molar-refractivity contribution in [2.45, 2.75) is 109 Å². The Morgan fingerprint density at radius 2 is 1.77 bits per heavy atom. The molecule has 35 heavy (non-hydrogen) atoms. The smallest absolute Gasteiger partial charge is 0.189 e. The fourth-order valence-electron chi connectivity index (χ4n) is 8.45. The minimum absolute atomic E-state index is 0.0146. The molecule has 12 unspecified atom stereocenters. The van der Waals surface area contributed by atoms with Crippen LogP contribution < -0.4 is 0 Å². The van der Waals surface area contributed by atoms with Crippen molar-refractivity contribution in [2.24, 2.45) is 34.5 Å². The minimum Gasteiger partial charge on any atom is -0.393 e. The van der Waals surface area contributed by atoms with E-state index >= 15 is 0 Å². The molecule has 5 aliphatic rings. The molecule has 0 bridgehead atoms. The van der Waals surface area contributed by atoms with E-state index in [0.29, 0.717) is 24.0 Å². The van der Waals surface area contributed by atoms with Gasteiger partial charge in [-0.1, -0.05) is 53.7 Å². The molecule has 2 saturated carbocycles. The Kier molecular flexibility index (Phi) is 5.63. The molecule has 12 atom stereocenters. The molecular weight excluding hydrogens is 448 g/mol. The van der Waals surface area contributed by atoms with Gasteiger partial charge in [0.25, 0.3) is 0 Å². The lowest BCUT2D eigenvalue weighted by Gasteiger charge is -2.58. The second-order valence-corrected chi connectivity index (χ2v) is 13.0. The molecule has 196 valence electrons. The maximum Gasteiger partial charge on any atom is 0.189 e. The quantitative estimate of drug-likeness (QED) is 0.409. The summed E-state index contributed by atoms with van der Waals surface area (Å²) in [6.07, 6.45) is 0.727. The normalized spacial score (nSPS) is 52.7. The van der Waals surface area contributed by atoms with E-state index in [1.54, 1.807) is 19.1 Å². The van der Waals surface area contributed by atoms with Crippen molar-refractivity contribution in [1.29, 1.82) is 0 Å². The molecule has 0 amide bonds. The van der Waals surface area contributed by atoms with Crippen LogP contribution in [-0.2, 0) is 9.53 Å². The summed E-state index contributed by atoms with van der Waals surface area (Å²) in [7, 11) is 0. The van der Waals surface area contributed by atoms with Gasteiger partial charge in [-0.05, 0) is 36.2 Å². The van der Waals surface area contributed by atoms with Crippen LogP contribution in [0, 0.1) is 34.5 Å². The van der Waals surface area contributed by atoms with Crippen LogP contribution in [0.4, 0.5) is 0 Å². The zero-order chi connectivity index (χ0) is 25.9. The number of aliphatic hydroxyl groups excluding tert-OH is 3. The Balaban J connectivity index is 1.58. The van der Waals surface area contributed by atoms with Crippen LogP contribution in [0.25, 0.3) is 0 Å². The lowest BCUT2D eigenvalue weighted by Crippen LogP contribution is -2.65. The van der Waals surface area contributed by atoms with Crippen molar-refractivity contribution in [1.82, 2.24) is 0 Å². The van der Waals surface area contributed by atoms with Crippen LogP contribution >= 0.6 is 0 Å². The third kappa shape index (κ3) is 2.97. The summed E-state index contributed by atoms with van der Waals surface area (Å²) in [6, 6.07) is 0. The summed E-state index contributed by atoms with van der Waals surface area (Å²) in [5.41, 5.74) is -4.40. The number of hydrogen-bond donors (Lipinski definition) is 5. The average molecular weight is 491 g/mol. The maximum absolute atomic E-state index is 13.9. The molecule has 0 spiro atoms. The van der Waals surface area contributed by atoms with Crippen LogP contribution in [0.1, 0.15) is 67.2 Å². The van der Waals surface area contributed by atoms with Gasteiger partial charge in [-0.15, -0.1) is 0 Å². The standard InChI is InChI=1S/C28H42O7/c1-13(2)14(3)21(30)23-15(4)19-18(35-23)12-28(34)17-8-10-27(33)11-16(29)7-9-25(27,5)20(17)22(31)24(32)26(19,28)6/h8,10,13-16,18-19,21,23-24,29-30,32-34H,7,9,11-12H2,1-6H3. The van der Waals surface area contributed by atoms with Gasteiger partial charge in [0.1, 0.15) is 11.7 Å². The van der Waals surface area contributed by atoms with Gasteiger partial charge in [-0.2, -0.15) is 0 Å². The number of ketones is 1. The van der Waals surface area contributed by atoms with Crippen LogP contribution in [0.5, 0.6) is 0 Å². The van der Waals surface area contributed by atoms with Crippen molar-refractivity contribution in [3.8, 4) is 0 Å². The third-order valence-electron chi connectivity index (χ3n) is 11.2.